The van der Waals surface area contributed by atoms with Gasteiger partial charge in [0.2, 0.25) is 5.91 Å². The third-order valence-electron chi connectivity index (χ3n) is 4.49. The third-order valence-corrected chi connectivity index (χ3v) is 4.49. The van der Waals surface area contributed by atoms with Crippen molar-refractivity contribution >= 4 is 23.5 Å². The van der Waals surface area contributed by atoms with Crippen molar-refractivity contribution in [3.8, 4) is 11.1 Å². The van der Waals surface area contributed by atoms with Crippen LogP contribution in [-0.4, -0.2) is 30.9 Å². The Labute approximate surface area is 173 Å². The fourth-order valence-electron chi connectivity index (χ4n) is 2.97. The molecule has 3 heterocycles. The Balaban J connectivity index is 1.37. The van der Waals surface area contributed by atoms with Crippen LogP contribution in [0.3, 0.4) is 0 Å². The molecule has 30 heavy (non-hydrogen) atoms. The lowest BCUT2D eigenvalue weighted by molar-refractivity contribution is -0.111. The van der Waals surface area contributed by atoms with Gasteiger partial charge >= 0.3 is 0 Å². The van der Waals surface area contributed by atoms with Crippen LogP contribution in [0.2, 0.25) is 0 Å². The Bertz CT molecular complexity index is 1140. The predicted octanol–water partition coefficient (Wildman–Crippen LogP) is 3.47. The summed E-state index contributed by atoms with van der Waals surface area (Å²) in [4.78, 5) is 16.5. The van der Waals surface area contributed by atoms with Crippen LogP contribution >= 0.6 is 0 Å². The maximum atomic E-state index is 12.3. The molecule has 0 radical (unpaired) electrons. The van der Waals surface area contributed by atoms with Crippen molar-refractivity contribution in [2.75, 3.05) is 10.6 Å². The number of benzene rings is 1. The van der Waals surface area contributed by atoms with E-state index in [0.29, 0.717) is 6.54 Å². The van der Waals surface area contributed by atoms with Gasteiger partial charge in [0.05, 0.1) is 12.4 Å². The molecule has 0 fully saturated rings. The summed E-state index contributed by atoms with van der Waals surface area (Å²) in [5.41, 5.74) is 4.61. The standard InChI is InChI=1S/C22H21N7O/c1-29-15-18(14-26-29)20-8-10-23-13-17(20)4-7-22(30)27-19-5-2-16(3-6-19)12-24-21-9-11-25-28-21/h2-11,13-15H,12H2,1H3,(H,27,30)(H2,24,25,28). The summed E-state index contributed by atoms with van der Waals surface area (Å²) in [6, 6.07) is 11.4. The lowest BCUT2D eigenvalue weighted by Gasteiger charge is -2.06. The molecule has 3 N–H and O–H groups in total. The summed E-state index contributed by atoms with van der Waals surface area (Å²) in [5, 5.41) is 17.1. The zero-order valence-electron chi connectivity index (χ0n) is 16.4. The highest BCUT2D eigenvalue weighted by molar-refractivity contribution is 6.02. The van der Waals surface area contributed by atoms with Crippen molar-refractivity contribution in [3.05, 3.63) is 84.6 Å². The Morgan fingerprint density at radius 3 is 2.73 bits per heavy atom. The van der Waals surface area contributed by atoms with Crippen LogP contribution in [0.5, 0.6) is 0 Å². The highest BCUT2D eigenvalue weighted by Gasteiger charge is 2.06. The van der Waals surface area contributed by atoms with Crippen LogP contribution in [-0.2, 0) is 18.4 Å². The first-order valence-corrected chi connectivity index (χ1v) is 9.42. The molecule has 0 aliphatic carbocycles. The number of hydrogen-bond donors (Lipinski definition) is 3. The number of H-pyrrole nitrogens is 1. The molecule has 8 nitrogen and oxygen atoms in total. The van der Waals surface area contributed by atoms with E-state index < -0.39 is 0 Å². The van der Waals surface area contributed by atoms with Gasteiger partial charge in [0.1, 0.15) is 5.82 Å². The van der Waals surface area contributed by atoms with Crippen LogP contribution < -0.4 is 10.6 Å². The number of hydrogen-bond acceptors (Lipinski definition) is 5. The molecule has 0 aliphatic heterocycles. The number of anilines is 2. The molecule has 8 heteroatoms. The van der Waals surface area contributed by atoms with Gasteiger partial charge in [-0.15, -0.1) is 0 Å². The molecule has 1 aromatic carbocycles. The van der Waals surface area contributed by atoms with Gasteiger partial charge in [0.25, 0.3) is 0 Å². The smallest absolute Gasteiger partial charge is 0.248 e. The fourth-order valence-corrected chi connectivity index (χ4v) is 2.97. The Morgan fingerprint density at radius 2 is 2.00 bits per heavy atom. The largest absolute Gasteiger partial charge is 0.366 e. The number of pyridine rings is 1. The Hall–Kier alpha value is -4.20. The molecule has 0 aliphatic rings. The summed E-state index contributed by atoms with van der Waals surface area (Å²) in [7, 11) is 1.87. The number of amides is 1. The molecule has 0 saturated carbocycles. The second-order valence-electron chi connectivity index (χ2n) is 6.71. The predicted molar refractivity (Wildman–Crippen MR) is 116 cm³/mol. The van der Waals surface area contributed by atoms with Crippen molar-refractivity contribution in [2.24, 2.45) is 7.05 Å². The molecular weight excluding hydrogens is 378 g/mol. The molecule has 0 saturated heterocycles. The third kappa shape index (κ3) is 4.79. The second-order valence-corrected chi connectivity index (χ2v) is 6.71. The van der Waals surface area contributed by atoms with Gasteiger partial charge in [-0.2, -0.15) is 10.2 Å². The van der Waals surface area contributed by atoms with Gasteiger partial charge in [-0.3, -0.25) is 19.6 Å². The van der Waals surface area contributed by atoms with Crippen molar-refractivity contribution in [3.63, 3.8) is 0 Å². The van der Waals surface area contributed by atoms with Crippen LogP contribution in [0.15, 0.2) is 73.5 Å². The molecule has 150 valence electrons. The lowest BCUT2D eigenvalue weighted by Crippen LogP contribution is -2.08. The summed E-state index contributed by atoms with van der Waals surface area (Å²) in [6.45, 7) is 0.661. The summed E-state index contributed by atoms with van der Waals surface area (Å²) in [5.74, 6) is 0.651. The minimum absolute atomic E-state index is 0.209. The van der Waals surface area contributed by atoms with Crippen molar-refractivity contribution < 1.29 is 4.79 Å². The minimum Gasteiger partial charge on any atom is -0.366 e. The monoisotopic (exact) mass is 399 g/mol. The van der Waals surface area contributed by atoms with E-state index in [1.54, 1.807) is 35.5 Å². The molecule has 4 aromatic rings. The molecule has 0 spiro atoms. The normalized spacial score (nSPS) is 11.0. The zero-order valence-corrected chi connectivity index (χ0v) is 16.4. The van der Waals surface area contributed by atoms with Gasteiger partial charge in [-0.25, -0.2) is 0 Å². The molecular formula is C22H21N7O. The van der Waals surface area contributed by atoms with Gasteiger partial charge in [0.15, 0.2) is 0 Å². The molecule has 3 aromatic heterocycles. The number of nitrogens with zero attached hydrogens (tertiary/aromatic N) is 4. The molecule has 0 atom stereocenters. The van der Waals surface area contributed by atoms with Crippen LogP contribution in [0.4, 0.5) is 11.5 Å². The fraction of sp³-hybridized carbons (Fsp3) is 0.0909. The first-order chi connectivity index (χ1) is 14.7. The number of aryl methyl sites for hydroxylation is 1. The van der Waals surface area contributed by atoms with E-state index in [2.05, 4.69) is 30.9 Å². The zero-order chi connectivity index (χ0) is 20.8. The van der Waals surface area contributed by atoms with Crippen molar-refractivity contribution in [2.45, 2.75) is 6.54 Å². The van der Waals surface area contributed by atoms with Crippen LogP contribution in [0, 0.1) is 0 Å². The quantitative estimate of drug-likeness (QED) is 0.413. The first-order valence-electron chi connectivity index (χ1n) is 9.42. The maximum absolute atomic E-state index is 12.3. The molecule has 4 rings (SSSR count). The molecule has 0 unspecified atom stereocenters. The minimum atomic E-state index is -0.209. The van der Waals surface area contributed by atoms with E-state index in [0.717, 1.165) is 33.8 Å². The number of nitrogens with one attached hydrogen (secondary N) is 3. The number of carbonyl (C=O) groups is 1. The Kier molecular flexibility index (Phi) is 5.66. The Morgan fingerprint density at radius 1 is 1.13 bits per heavy atom. The second kappa shape index (κ2) is 8.87. The number of rotatable bonds is 7. The van der Waals surface area contributed by atoms with E-state index in [4.69, 9.17) is 0 Å². The highest BCUT2D eigenvalue weighted by Crippen LogP contribution is 2.23. The number of carbonyl (C=O) groups excluding carboxylic acids is 1. The van der Waals surface area contributed by atoms with E-state index >= 15 is 0 Å². The number of aromatic nitrogens is 5. The van der Waals surface area contributed by atoms with E-state index in [1.165, 1.54) is 6.08 Å². The maximum Gasteiger partial charge on any atom is 0.248 e. The van der Waals surface area contributed by atoms with Crippen molar-refractivity contribution in [1.29, 1.82) is 0 Å². The van der Waals surface area contributed by atoms with Gasteiger partial charge in [-0.1, -0.05) is 12.1 Å². The SMILES string of the molecule is Cn1cc(-c2ccncc2C=CC(=O)Nc2ccc(CNc3ccn[nH]3)cc2)cn1. The van der Waals surface area contributed by atoms with Crippen LogP contribution in [0.25, 0.3) is 17.2 Å². The molecule has 1 amide bonds. The summed E-state index contributed by atoms with van der Waals surface area (Å²) in [6.07, 6.45) is 12.1. The van der Waals surface area contributed by atoms with Gasteiger partial charge in [0, 0.05) is 55.1 Å². The molecule has 0 bridgehead atoms. The topological polar surface area (TPSA) is 101 Å². The number of aromatic amines is 1. The van der Waals surface area contributed by atoms with Crippen molar-refractivity contribution in [1.82, 2.24) is 25.0 Å². The van der Waals surface area contributed by atoms with E-state index in [1.807, 2.05) is 49.6 Å². The highest BCUT2D eigenvalue weighted by atomic mass is 16.1. The van der Waals surface area contributed by atoms with E-state index in [9.17, 15) is 4.79 Å². The average Bonchev–Trinajstić information content (AvgIpc) is 3.44. The van der Waals surface area contributed by atoms with Gasteiger partial charge in [-0.05, 0) is 41.5 Å². The van der Waals surface area contributed by atoms with Gasteiger partial charge < -0.3 is 10.6 Å². The van der Waals surface area contributed by atoms with E-state index in [-0.39, 0.29) is 5.91 Å². The summed E-state index contributed by atoms with van der Waals surface area (Å²) >= 11 is 0. The first kappa shape index (κ1) is 19.1. The summed E-state index contributed by atoms with van der Waals surface area (Å²) < 4.78 is 1.74. The van der Waals surface area contributed by atoms with Crippen LogP contribution in [0.1, 0.15) is 11.1 Å². The lowest BCUT2D eigenvalue weighted by atomic mass is 10.0. The average molecular weight is 399 g/mol.